The lowest BCUT2D eigenvalue weighted by molar-refractivity contribution is -0.137. The van der Waals surface area contributed by atoms with E-state index in [9.17, 15) is 13.2 Å². The van der Waals surface area contributed by atoms with E-state index in [1.165, 1.54) is 18.2 Å². The van der Waals surface area contributed by atoms with Crippen molar-refractivity contribution in [1.29, 1.82) is 0 Å². The van der Waals surface area contributed by atoms with Crippen LogP contribution in [0.1, 0.15) is 5.56 Å². The number of anilines is 1. The predicted octanol–water partition coefficient (Wildman–Crippen LogP) is 4.19. The molecule has 0 amide bonds. The van der Waals surface area contributed by atoms with Gasteiger partial charge in [0.1, 0.15) is 5.69 Å². The van der Waals surface area contributed by atoms with E-state index in [1.54, 1.807) is 24.3 Å². The van der Waals surface area contributed by atoms with Crippen LogP contribution < -0.4 is 5.73 Å². The lowest BCUT2D eigenvalue weighted by atomic mass is 10.1. The minimum absolute atomic E-state index is 0.0176. The molecule has 0 radical (unpaired) electrons. The Morgan fingerprint density at radius 3 is 2.30 bits per heavy atom. The maximum atomic E-state index is 13.1. The molecule has 3 rings (SSSR count). The molecule has 4 nitrogen and oxygen atoms in total. The van der Waals surface area contributed by atoms with Crippen LogP contribution >= 0.6 is 11.6 Å². The Hall–Kier alpha value is -2.54. The van der Waals surface area contributed by atoms with Crippen LogP contribution in [0.25, 0.3) is 16.9 Å². The Bertz CT molecular complexity index is 841. The molecule has 0 atom stereocenters. The number of aromatic nitrogens is 3. The Morgan fingerprint density at radius 1 is 1.00 bits per heavy atom. The summed E-state index contributed by atoms with van der Waals surface area (Å²) in [7, 11) is 0. The van der Waals surface area contributed by atoms with E-state index in [0.717, 1.165) is 10.7 Å². The second-order valence-electron chi connectivity index (χ2n) is 4.76. The van der Waals surface area contributed by atoms with Crippen molar-refractivity contribution < 1.29 is 13.2 Å². The summed E-state index contributed by atoms with van der Waals surface area (Å²) in [5, 5.41) is 8.19. The summed E-state index contributed by atoms with van der Waals surface area (Å²) in [6.45, 7) is 0. The Kier molecular flexibility index (Phi) is 3.73. The van der Waals surface area contributed by atoms with Gasteiger partial charge in [-0.25, -0.2) is 0 Å². The fraction of sp³-hybridized carbons (Fsp3) is 0.0667. The van der Waals surface area contributed by atoms with E-state index in [-0.39, 0.29) is 11.5 Å². The number of nitrogens with two attached hydrogens (primary N) is 1. The van der Waals surface area contributed by atoms with Crippen molar-refractivity contribution in [2.24, 2.45) is 0 Å². The summed E-state index contributed by atoms with van der Waals surface area (Å²) in [5.74, 6) is 0.0176. The summed E-state index contributed by atoms with van der Waals surface area (Å²) in [6.07, 6.45) is -4.52. The molecule has 1 aromatic heterocycles. The number of nitrogens with zero attached hydrogens (tertiary/aromatic N) is 3. The van der Waals surface area contributed by atoms with Gasteiger partial charge in [-0.1, -0.05) is 41.1 Å². The van der Waals surface area contributed by atoms with Crippen LogP contribution in [0.15, 0.2) is 48.5 Å². The average Bonchev–Trinajstić information content (AvgIpc) is 2.89. The van der Waals surface area contributed by atoms with Gasteiger partial charge < -0.3 is 5.73 Å². The molecule has 0 bridgehead atoms. The third-order valence-electron chi connectivity index (χ3n) is 3.26. The average molecular weight is 339 g/mol. The molecule has 3 aromatic rings. The second kappa shape index (κ2) is 5.58. The summed E-state index contributed by atoms with van der Waals surface area (Å²) in [5.41, 5.74) is 5.85. The Labute approximate surface area is 134 Å². The van der Waals surface area contributed by atoms with E-state index in [1.807, 2.05) is 0 Å². The highest BCUT2D eigenvalue weighted by Gasteiger charge is 2.34. The van der Waals surface area contributed by atoms with E-state index < -0.39 is 11.7 Å². The van der Waals surface area contributed by atoms with E-state index in [2.05, 4.69) is 10.3 Å². The molecule has 2 aromatic carbocycles. The minimum atomic E-state index is -4.52. The van der Waals surface area contributed by atoms with Gasteiger partial charge in [0.25, 0.3) is 0 Å². The molecule has 1 heterocycles. The molecule has 8 heteroatoms. The number of para-hydroxylation sites is 1. The van der Waals surface area contributed by atoms with Gasteiger partial charge in [0.05, 0.1) is 11.3 Å². The topological polar surface area (TPSA) is 56.7 Å². The molecule has 0 aliphatic carbocycles. The number of hydrogen-bond acceptors (Lipinski definition) is 3. The van der Waals surface area contributed by atoms with Crippen molar-refractivity contribution in [3.05, 3.63) is 59.1 Å². The number of hydrogen-bond donors (Lipinski definition) is 1. The van der Waals surface area contributed by atoms with Crippen molar-refractivity contribution >= 4 is 17.4 Å². The Morgan fingerprint density at radius 2 is 1.65 bits per heavy atom. The highest BCUT2D eigenvalue weighted by molar-refractivity contribution is 6.30. The highest BCUT2D eigenvalue weighted by Crippen LogP contribution is 2.35. The summed E-state index contributed by atoms with van der Waals surface area (Å²) >= 11 is 5.81. The normalized spacial score (nSPS) is 11.7. The summed E-state index contributed by atoms with van der Waals surface area (Å²) in [4.78, 5) is 0. The summed E-state index contributed by atoms with van der Waals surface area (Å²) in [6, 6.07) is 11.7. The lowest BCUT2D eigenvalue weighted by Crippen LogP contribution is -2.12. The number of benzene rings is 2. The molecular formula is C15H10ClF3N4. The van der Waals surface area contributed by atoms with Gasteiger partial charge in [-0.2, -0.15) is 17.9 Å². The third-order valence-corrected chi connectivity index (χ3v) is 3.51. The van der Waals surface area contributed by atoms with Crippen molar-refractivity contribution in [3.63, 3.8) is 0 Å². The molecule has 2 N–H and O–H groups in total. The van der Waals surface area contributed by atoms with E-state index >= 15 is 0 Å². The first kappa shape index (κ1) is 15.4. The largest absolute Gasteiger partial charge is 0.418 e. The van der Waals surface area contributed by atoms with E-state index in [0.29, 0.717) is 16.3 Å². The zero-order valence-electron chi connectivity index (χ0n) is 11.5. The monoisotopic (exact) mass is 338 g/mol. The van der Waals surface area contributed by atoms with Crippen LogP contribution in [0.2, 0.25) is 5.02 Å². The van der Waals surface area contributed by atoms with Gasteiger partial charge in [0.2, 0.25) is 0 Å². The van der Waals surface area contributed by atoms with Crippen molar-refractivity contribution in [1.82, 2.24) is 15.0 Å². The molecule has 0 spiro atoms. The fourth-order valence-corrected chi connectivity index (χ4v) is 2.30. The quantitative estimate of drug-likeness (QED) is 0.762. The molecule has 0 saturated heterocycles. The molecule has 0 aliphatic rings. The van der Waals surface area contributed by atoms with Crippen molar-refractivity contribution in [2.45, 2.75) is 6.18 Å². The van der Waals surface area contributed by atoms with E-state index in [4.69, 9.17) is 17.3 Å². The zero-order chi connectivity index (χ0) is 16.6. The fourth-order valence-electron chi connectivity index (χ4n) is 2.18. The number of halogens is 4. The zero-order valence-corrected chi connectivity index (χ0v) is 12.3. The maximum Gasteiger partial charge on any atom is 0.418 e. The first-order valence-electron chi connectivity index (χ1n) is 6.51. The summed E-state index contributed by atoms with van der Waals surface area (Å²) < 4.78 is 40.3. The number of rotatable bonds is 2. The van der Waals surface area contributed by atoms with Crippen LogP contribution in [0.4, 0.5) is 19.0 Å². The third kappa shape index (κ3) is 2.87. The van der Waals surface area contributed by atoms with Gasteiger partial charge in [0, 0.05) is 10.6 Å². The van der Waals surface area contributed by atoms with Gasteiger partial charge >= 0.3 is 6.18 Å². The molecule has 0 unspecified atom stereocenters. The van der Waals surface area contributed by atoms with Gasteiger partial charge in [-0.15, -0.1) is 5.10 Å². The lowest BCUT2D eigenvalue weighted by Gasteiger charge is -2.12. The minimum Gasteiger partial charge on any atom is -0.382 e. The molecule has 0 aliphatic heterocycles. The van der Waals surface area contributed by atoms with Crippen molar-refractivity contribution in [3.8, 4) is 16.9 Å². The standard InChI is InChI=1S/C15H10ClF3N4/c16-10-7-5-9(6-8-10)13-14(20)23(22-21-13)12-4-2-1-3-11(12)15(17,18)19/h1-8H,20H2. The first-order chi connectivity index (χ1) is 10.9. The Balaban J connectivity index is 2.12. The SMILES string of the molecule is Nc1c(-c2ccc(Cl)cc2)nnn1-c1ccccc1C(F)(F)F. The smallest absolute Gasteiger partial charge is 0.382 e. The van der Waals surface area contributed by atoms with Crippen LogP contribution in [0, 0.1) is 0 Å². The predicted molar refractivity (Wildman–Crippen MR) is 81.2 cm³/mol. The van der Waals surface area contributed by atoms with Crippen LogP contribution in [0.5, 0.6) is 0 Å². The van der Waals surface area contributed by atoms with Crippen molar-refractivity contribution in [2.75, 3.05) is 5.73 Å². The van der Waals surface area contributed by atoms with Crippen LogP contribution in [0.3, 0.4) is 0 Å². The first-order valence-corrected chi connectivity index (χ1v) is 6.89. The number of alkyl halides is 3. The maximum absolute atomic E-state index is 13.1. The molecule has 0 saturated carbocycles. The van der Waals surface area contributed by atoms with Gasteiger partial charge in [-0.3, -0.25) is 0 Å². The molecule has 0 fully saturated rings. The number of nitrogen functional groups attached to an aromatic ring is 1. The highest BCUT2D eigenvalue weighted by atomic mass is 35.5. The molecule has 23 heavy (non-hydrogen) atoms. The van der Waals surface area contributed by atoms with Gasteiger partial charge in [0.15, 0.2) is 5.82 Å². The molecule has 118 valence electrons. The molecular weight excluding hydrogens is 329 g/mol. The van der Waals surface area contributed by atoms with Crippen LogP contribution in [-0.4, -0.2) is 15.0 Å². The van der Waals surface area contributed by atoms with Gasteiger partial charge in [-0.05, 0) is 24.3 Å². The van der Waals surface area contributed by atoms with Crippen LogP contribution in [-0.2, 0) is 6.18 Å². The second-order valence-corrected chi connectivity index (χ2v) is 5.19.